The number of ether oxygens (including phenoxy) is 1. The molecule has 1 aromatic heterocycles. The lowest BCUT2D eigenvalue weighted by Crippen LogP contribution is -2.50. The van der Waals surface area contributed by atoms with Crippen LogP contribution in [0.5, 0.6) is 0 Å². The first-order valence-corrected chi connectivity index (χ1v) is 12.2. The van der Waals surface area contributed by atoms with Crippen molar-refractivity contribution in [3.8, 4) is 0 Å². The summed E-state index contributed by atoms with van der Waals surface area (Å²) in [5.74, 6) is -0.279. The van der Waals surface area contributed by atoms with Crippen molar-refractivity contribution in [3.05, 3.63) is 108 Å². The zero-order chi connectivity index (χ0) is 25.4. The lowest BCUT2D eigenvalue weighted by Gasteiger charge is -2.22. The van der Waals surface area contributed by atoms with E-state index in [1.165, 1.54) is 0 Å². The van der Waals surface area contributed by atoms with E-state index in [0.717, 1.165) is 36.1 Å². The quantitative estimate of drug-likeness (QED) is 0.313. The number of carbonyl (C=O) groups excluding carboxylic acids is 2. The van der Waals surface area contributed by atoms with E-state index in [1.807, 2.05) is 91.0 Å². The van der Waals surface area contributed by atoms with E-state index in [-0.39, 0.29) is 18.6 Å². The van der Waals surface area contributed by atoms with Gasteiger partial charge in [0.15, 0.2) is 0 Å². The molecule has 3 rings (SSSR count). The molecule has 0 saturated heterocycles. The maximum atomic E-state index is 13.4. The highest BCUT2D eigenvalue weighted by Crippen LogP contribution is 2.09. The SMILES string of the molecule is NCCCCC(C=Cc1ccccn1)NC(=O)C(Cc1ccccc1)NC(=O)OCc1ccccc1. The second-order valence-electron chi connectivity index (χ2n) is 8.46. The number of benzene rings is 2. The van der Waals surface area contributed by atoms with E-state index in [4.69, 9.17) is 10.5 Å². The summed E-state index contributed by atoms with van der Waals surface area (Å²) in [5.41, 5.74) is 8.27. The second kappa shape index (κ2) is 15.1. The molecule has 3 aromatic rings. The molecule has 0 aliphatic heterocycles. The number of nitrogens with one attached hydrogen (secondary N) is 2. The van der Waals surface area contributed by atoms with Crippen LogP contribution in [0.4, 0.5) is 4.79 Å². The van der Waals surface area contributed by atoms with Gasteiger partial charge in [-0.05, 0) is 55.1 Å². The smallest absolute Gasteiger partial charge is 0.408 e. The summed E-state index contributed by atoms with van der Waals surface area (Å²) >= 11 is 0. The summed E-state index contributed by atoms with van der Waals surface area (Å²) < 4.78 is 5.37. The Hall–Kier alpha value is -3.97. The van der Waals surface area contributed by atoms with E-state index < -0.39 is 12.1 Å². The molecule has 0 fully saturated rings. The zero-order valence-corrected chi connectivity index (χ0v) is 20.4. The van der Waals surface area contributed by atoms with Crippen LogP contribution in [0.15, 0.2) is 91.1 Å². The number of pyridine rings is 1. The van der Waals surface area contributed by atoms with Crippen LogP contribution in [-0.4, -0.2) is 35.6 Å². The number of nitrogens with two attached hydrogens (primary N) is 1. The number of aromatic nitrogens is 1. The van der Waals surface area contributed by atoms with E-state index in [1.54, 1.807) is 6.20 Å². The minimum absolute atomic E-state index is 0.126. The van der Waals surface area contributed by atoms with Crippen molar-refractivity contribution in [3.63, 3.8) is 0 Å². The van der Waals surface area contributed by atoms with Gasteiger partial charge >= 0.3 is 6.09 Å². The maximum Gasteiger partial charge on any atom is 0.408 e. The van der Waals surface area contributed by atoms with E-state index in [9.17, 15) is 9.59 Å². The highest BCUT2D eigenvalue weighted by molar-refractivity contribution is 5.86. The Balaban J connectivity index is 1.68. The van der Waals surface area contributed by atoms with Crippen LogP contribution in [0.1, 0.15) is 36.1 Å². The number of unbranched alkanes of at least 4 members (excludes halogenated alkanes) is 1. The van der Waals surface area contributed by atoms with Gasteiger partial charge < -0.3 is 21.1 Å². The Bertz CT molecular complexity index is 1080. The van der Waals surface area contributed by atoms with Crippen molar-refractivity contribution < 1.29 is 14.3 Å². The van der Waals surface area contributed by atoms with Crippen molar-refractivity contribution in [1.82, 2.24) is 15.6 Å². The van der Waals surface area contributed by atoms with Crippen LogP contribution >= 0.6 is 0 Å². The van der Waals surface area contributed by atoms with Gasteiger partial charge in [0.05, 0.1) is 5.69 Å². The van der Waals surface area contributed by atoms with Crippen molar-refractivity contribution in [1.29, 1.82) is 0 Å². The first-order chi connectivity index (χ1) is 17.6. The van der Waals surface area contributed by atoms with Crippen LogP contribution in [0.3, 0.4) is 0 Å². The van der Waals surface area contributed by atoms with Gasteiger partial charge in [0, 0.05) is 18.7 Å². The summed E-state index contributed by atoms with van der Waals surface area (Å²) in [6.45, 7) is 0.719. The summed E-state index contributed by atoms with van der Waals surface area (Å²) in [7, 11) is 0. The average Bonchev–Trinajstić information content (AvgIpc) is 2.92. The first-order valence-electron chi connectivity index (χ1n) is 12.2. The lowest BCUT2D eigenvalue weighted by atomic mass is 10.0. The molecule has 2 unspecified atom stereocenters. The van der Waals surface area contributed by atoms with Gasteiger partial charge in [0.2, 0.25) is 5.91 Å². The number of rotatable bonds is 13. The molecule has 0 aliphatic rings. The van der Waals surface area contributed by atoms with E-state index in [0.29, 0.717) is 13.0 Å². The van der Waals surface area contributed by atoms with Crippen molar-refractivity contribution >= 4 is 18.1 Å². The number of hydrogen-bond donors (Lipinski definition) is 3. The standard InChI is InChI=1S/C29H34N4O3/c30-19-9-7-16-26(18-17-25-15-8-10-20-31-25)32-28(34)27(21-23-11-3-1-4-12-23)33-29(35)36-22-24-13-5-2-6-14-24/h1-6,8,10-15,17-18,20,26-27H,7,9,16,19,21-22,30H2,(H,32,34)(H,33,35). The van der Waals surface area contributed by atoms with Gasteiger partial charge in [-0.2, -0.15) is 0 Å². The Labute approximate surface area is 212 Å². The Morgan fingerprint density at radius 1 is 0.889 bits per heavy atom. The average molecular weight is 487 g/mol. The highest BCUT2D eigenvalue weighted by atomic mass is 16.5. The first kappa shape index (κ1) is 26.6. The molecule has 0 spiro atoms. The molecule has 4 N–H and O–H groups in total. The Morgan fingerprint density at radius 2 is 1.58 bits per heavy atom. The molecule has 0 saturated carbocycles. The molecule has 0 radical (unpaired) electrons. The van der Waals surface area contributed by atoms with Gasteiger partial charge in [-0.25, -0.2) is 4.79 Å². The molecule has 2 amide bonds. The van der Waals surface area contributed by atoms with Crippen LogP contribution in [0, 0.1) is 0 Å². The monoisotopic (exact) mass is 486 g/mol. The normalized spacial score (nSPS) is 12.6. The molecular formula is C29H34N4O3. The van der Waals surface area contributed by atoms with Crippen molar-refractivity contribution in [2.45, 2.75) is 44.4 Å². The molecular weight excluding hydrogens is 452 g/mol. The molecule has 2 aromatic carbocycles. The number of alkyl carbamates (subject to hydrolysis) is 1. The minimum atomic E-state index is -0.795. The molecule has 2 atom stereocenters. The largest absolute Gasteiger partial charge is 0.445 e. The fourth-order valence-electron chi connectivity index (χ4n) is 3.66. The molecule has 0 bridgehead atoms. The fraction of sp³-hybridized carbons (Fsp3) is 0.276. The van der Waals surface area contributed by atoms with Crippen LogP contribution in [0.2, 0.25) is 0 Å². The van der Waals surface area contributed by atoms with Gasteiger partial charge in [0.1, 0.15) is 12.6 Å². The third kappa shape index (κ3) is 9.72. The second-order valence-corrected chi connectivity index (χ2v) is 8.46. The molecule has 188 valence electrons. The van der Waals surface area contributed by atoms with Crippen LogP contribution < -0.4 is 16.4 Å². The molecule has 0 aliphatic carbocycles. The topological polar surface area (TPSA) is 106 Å². The summed E-state index contributed by atoms with van der Waals surface area (Å²) in [6, 6.07) is 23.6. The van der Waals surface area contributed by atoms with Gasteiger partial charge in [-0.3, -0.25) is 9.78 Å². The Morgan fingerprint density at radius 3 is 2.25 bits per heavy atom. The van der Waals surface area contributed by atoms with Crippen LogP contribution in [0.25, 0.3) is 6.08 Å². The van der Waals surface area contributed by atoms with Crippen molar-refractivity contribution in [2.24, 2.45) is 5.73 Å². The predicted octanol–water partition coefficient (Wildman–Crippen LogP) is 4.25. The van der Waals surface area contributed by atoms with E-state index >= 15 is 0 Å². The number of nitrogens with zero attached hydrogens (tertiary/aromatic N) is 1. The summed E-state index contributed by atoms with van der Waals surface area (Å²) in [5, 5.41) is 5.83. The molecule has 7 nitrogen and oxygen atoms in total. The summed E-state index contributed by atoms with van der Waals surface area (Å²) in [6.07, 6.45) is 7.70. The highest BCUT2D eigenvalue weighted by Gasteiger charge is 2.24. The minimum Gasteiger partial charge on any atom is -0.445 e. The molecule has 36 heavy (non-hydrogen) atoms. The van der Waals surface area contributed by atoms with Gasteiger partial charge in [-0.1, -0.05) is 72.8 Å². The Kier molecular flexibility index (Phi) is 11.2. The summed E-state index contributed by atoms with van der Waals surface area (Å²) in [4.78, 5) is 30.2. The lowest BCUT2D eigenvalue weighted by molar-refractivity contribution is -0.123. The van der Waals surface area contributed by atoms with Gasteiger partial charge in [-0.15, -0.1) is 0 Å². The third-order valence-electron chi connectivity index (χ3n) is 5.59. The van der Waals surface area contributed by atoms with E-state index in [2.05, 4.69) is 15.6 Å². The molecule has 1 heterocycles. The number of amides is 2. The number of carbonyl (C=O) groups is 2. The fourth-order valence-corrected chi connectivity index (χ4v) is 3.66. The molecule has 7 heteroatoms. The van der Waals surface area contributed by atoms with Crippen molar-refractivity contribution in [2.75, 3.05) is 6.54 Å². The third-order valence-corrected chi connectivity index (χ3v) is 5.59. The van der Waals surface area contributed by atoms with Crippen LogP contribution in [-0.2, 0) is 22.6 Å². The van der Waals surface area contributed by atoms with Gasteiger partial charge in [0.25, 0.3) is 0 Å². The maximum absolute atomic E-state index is 13.4. The predicted molar refractivity (Wildman–Crippen MR) is 142 cm³/mol. The zero-order valence-electron chi connectivity index (χ0n) is 20.4. The number of hydrogen-bond acceptors (Lipinski definition) is 5.